The second-order valence-corrected chi connectivity index (χ2v) is 5.84. The molecule has 1 heterocycles. The van der Waals surface area contributed by atoms with Crippen molar-refractivity contribution in [3.63, 3.8) is 0 Å². The van der Waals surface area contributed by atoms with Gasteiger partial charge in [0.15, 0.2) is 0 Å². The van der Waals surface area contributed by atoms with Gasteiger partial charge in [-0.3, -0.25) is 4.79 Å². The Hall–Kier alpha value is -0.570. The Morgan fingerprint density at radius 1 is 1.43 bits per heavy atom. The third kappa shape index (κ3) is 2.27. The SMILES string of the molecule is CC(C)(C)CNC(=O)[C@@H]1C[C@@H]2C[C@@H]2N1. The topological polar surface area (TPSA) is 41.1 Å². The standard InChI is InChI=1S/C11H20N2O/c1-11(2,3)6-12-10(14)9-5-7-4-8(7)13-9/h7-9,13H,4-6H2,1-3H3,(H,12,14)/t7-,8-,9-/m0/s1. The highest BCUT2D eigenvalue weighted by molar-refractivity contribution is 5.82. The molecule has 1 aliphatic carbocycles. The summed E-state index contributed by atoms with van der Waals surface area (Å²) in [5, 5.41) is 6.36. The van der Waals surface area contributed by atoms with Crippen molar-refractivity contribution in [1.29, 1.82) is 0 Å². The molecule has 0 radical (unpaired) electrons. The summed E-state index contributed by atoms with van der Waals surface area (Å²) in [6, 6.07) is 0.737. The monoisotopic (exact) mass is 196 g/mol. The van der Waals surface area contributed by atoms with E-state index in [9.17, 15) is 4.79 Å². The summed E-state index contributed by atoms with van der Waals surface area (Å²) in [6.07, 6.45) is 2.32. The van der Waals surface area contributed by atoms with Crippen LogP contribution in [-0.2, 0) is 4.79 Å². The highest BCUT2D eigenvalue weighted by Gasteiger charge is 2.47. The number of nitrogens with one attached hydrogen (secondary N) is 2. The number of carbonyl (C=O) groups excluding carboxylic acids is 1. The van der Waals surface area contributed by atoms with Crippen LogP contribution in [0.2, 0.25) is 0 Å². The lowest BCUT2D eigenvalue weighted by atomic mass is 9.97. The Kier molecular flexibility index (Phi) is 2.30. The van der Waals surface area contributed by atoms with Crippen LogP contribution in [0.4, 0.5) is 0 Å². The summed E-state index contributed by atoms with van der Waals surface area (Å²) < 4.78 is 0. The van der Waals surface area contributed by atoms with Crippen molar-refractivity contribution in [2.45, 2.75) is 45.7 Å². The second kappa shape index (κ2) is 3.23. The third-order valence-electron chi connectivity index (χ3n) is 2.99. The lowest BCUT2D eigenvalue weighted by molar-refractivity contribution is -0.123. The lowest BCUT2D eigenvalue weighted by Gasteiger charge is -2.21. The molecular weight excluding hydrogens is 176 g/mol. The van der Waals surface area contributed by atoms with E-state index in [-0.39, 0.29) is 17.4 Å². The van der Waals surface area contributed by atoms with E-state index in [0.717, 1.165) is 18.9 Å². The lowest BCUT2D eigenvalue weighted by Crippen LogP contribution is -2.44. The van der Waals surface area contributed by atoms with Crippen molar-refractivity contribution in [3.8, 4) is 0 Å². The molecule has 2 aliphatic rings. The van der Waals surface area contributed by atoms with Crippen LogP contribution in [0.3, 0.4) is 0 Å². The molecule has 3 heteroatoms. The number of rotatable bonds is 2. The molecule has 0 aromatic carbocycles. The summed E-state index contributed by atoms with van der Waals surface area (Å²) in [4.78, 5) is 11.7. The number of amides is 1. The molecule has 0 bridgehead atoms. The molecule has 2 rings (SSSR count). The molecule has 1 saturated carbocycles. The molecule has 0 aromatic heterocycles. The van der Waals surface area contributed by atoms with Crippen LogP contribution >= 0.6 is 0 Å². The van der Waals surface area contributed by atoms with Gasteiger partial charge in [-0.25, -0.2) is 0 Å². The Bertz CT molecular complexity index is 234. The summed E-state index contributed by atoms with van der Waals surface area (Å²) in [6.45, 7) is 7.16. The molecule has 2 fully saturated rings. The highest BCUT2D eigenvalue weighted by Crippen LogP contribution is 2.40. The predicted octanol–water partition coefficient (Wildman–Crippen LogP) is 0.899. The van der Waals surface area contributed by atoms with Gasteiger partial charge in [-0.2, -0.15) is 0 Å². The Labute approximate surface area is 85.6 Å². The first-order valence-corrected chi connectivity index (χ1v) is 5.49. The maximum absolute atomic E-state index is 11.7. The second-order valence-electron chi connectivity index (χ2n) is 5.84. The van der Waals surface area contributed by atoms with E-state index in [1.165, 1.54) is 6.42 Å². The van der Waals surface area contributed by atoms with Gasteiger partial charge in [0, 0.05) is 12.6 Å². The maximum atomic E-state index is 11.7. The van der Waals surface area contributed by atoms with Crippen LogP contribution in [-0.4, -0.2) is 24.5 Å². The molecular formula is C11H20N2O. The molecule has 14 heavy (non-hydrogen) atoms. The smallest absolute Gasteiger partial charge is 0.237 e. The number of fused-ring (bicyclic) bond motifs is 1. The van der Waals surface area contributed by atoms with E-state index in [1.54, 1.807) is 0 Å². The van der Waals surface area contributed by atoms with E-state index in [4.69, 9.17) is 0 Å². The van der Waals surface area contributed by atoms with Gasteiger partial charge in [0.25, 0.3) is 0 Å². The molecule has 1 saturated heterocycles. The van der Waals surface area contributed by atoms with Gasteiger partial charge >= 0.3 is 0 Å². The summed E-state index contributed by atoms with van der Waals surface area (Å²) in [5.41, 5.74) is 0.178. The van der Waals surface area contributed by atoms with Gasteiger partial charge in [0.05, 0.1) is 6.04 Å². The minimum Gasteiger partial charge on any atom is -0.354 e. The van der Waals surface area contributed by atoms with Crippen LogP contribution in [0, 0.1) is 11.3 Å². The van der Waals surface area contributed by atoms with Gasteiger partial charge in [-0.1, -0.05) is 20.8 Å². The van der Waals surface area contributed by atoms with Crippen LogP contribution in [0.5, 0.6) is 0 Å². The van der Waals surface area contributed by atoms with E-state index in [1.807, 2.05) is 0 Å². The first-order chi connectivity index (χ1) is 6.46. The molecule has 80 valence electrons. The predicted molar refractivity (Wildman–Crippen MR) is 55.9 cm³/mol. The average molecular weight is 196 g/mol. The molecule has 2 N–H and O–H groups in total. The first-order valence-electron chi connectivity index (χ1n) is 5.49. The number of carbonyl (C=O) groups is 1. The van der Waals surface area contributed by atoms with Crippen LogP contribution in [0.15, 0.2) is 0 Å². The minimum atomic E-state index is 0.0844. The van der Waals surface area contributed by atoms with Gasteiger partial charge in [-0.05, 0) is 24.2 Å². The summed E-state index contributed by atoms with van der Waals surface area (Å²) in [7, 11) is 0. The Morgan fingerprint density at radius 2 is 2.14 bits per heavy atom. The summed E-state index contributed by atoms with van der Waals surface area (Å²) >= 11 is 0. The van der Waals surface area contributed by atoms with E-state index < -0.39 is 0 Å². The van der Waals surface area contributed by atoms with Gasteiger partial charge in [0.2, 0.25) is 5.91 Å². The van der Waals surface area contributed by atoms with Crippen molar-refractivity contribution < 1.29 is 4.79 Å². The quantitative estimate of drug-likeness (QED) is 0.689. The van der Waals surface area contributed by atoms with Crippen LogP contribution in [0.25, 0.3) is 0 Å². The van der Waals surface area contributed by atoms with Gasteiger partial charge in [0.1, 0.15) is 0 Å². The number of hydrogen-bond acceptors (Lipinski definition) is 2. The van der Waals surface area contributed by atoms with Gasteiger partial charge in [-0.15, -0.1) is 0 Å². The number of hydrogen-bond donors (Lipinski definition) is 2. The van der Waals surface area contributed by atoms with E-state index in [0.29, 0.717) is 6.04 Å². The zero-order valence-electron chi connectivity index (χ0n) is 9.26. The molecule has 1 aliphatic heterocycles. The van der Waals surface area contributed by atoms with Crippen LogP contribution < -0.4 is 10.6 Å². The molecule has 1 amide bonds. The fourth-order valence-corrected chi connectivity index (χ4v) is 2.00. The maximum Gasteiger partial charge on any atom is 0.237 e. The Morgan fingerprint density at radius 3 is 2.64 bits per heavy atom. The summed E-state index contributed by atoms with van der Waals surface area (Å²) in [5.74, 6) is 0.979. The molecule has 3 nitrogen and oxygen atoms in total. The molecule has 3 atom stereocenters. The first kappa shape index (κ1) is 9.97. The molecule has 0 unspecified atom stereocenters. The fourth-order valence-electron chi connectivity index (χ4n) is 2.00. The molecule has 0 spiro atoms. The highest BCUT2D eigenvalue weighted by atomic mass is 16.2. The largest absolute Gasteiger partial charge is 0.354 e. The van der Waals surface area contributed by atoms with Gasteiger partial charge < -0.3 is 10.6 Å². The van der Waals surface area contributed by atoms with Crippen molar-refractivity contribution in [2.24, 2.45) is 11.3 Å². The van der Waals surface area contributed by atoms with E-state index in [2.05, 4.69) is 31.4 Å². The van der Waals surface area contributed by atoms with Crippen molar-refractivity contribution in [3.05, 3.63) is 0 Å². The van der Waals surface area contributed by atoms with Crippen molar-refractivity contribution in [2.75, 3.05) is 6.54 Å². The number of piperidine rings is 1. The fraction of sp³-hybridized carbons (Fsp3) is 0.909. The van der Waals surface area contributed by atoms with Crippen LogP contribution in [0.1, 0.15) is 33.6 Å². The Balaban J connectivity index is 1.73. The van der Waals surface area contributed by atoms with Crippen molar-refractivity contribution in [1.82, 2.24) is 10.6 Å². The average Bonchev–Trinajstić information content (AvgIpc) is 2.68. The minimum absolute atomic E-state index is 0.0844. The zero-order valence-corrected chi connectivity index (χ0v) is 9.26. The zero-order chi connectivity index (χ0) is 10.3. The van der Waals surface area contributed by atoms with E-state index >= 15 is 0 Å². The third-order valence-corrected chi connectivity index (χ3v) is 2.99. The molecule has 0 aromatic rings. The normalized spacial score (nSPS) is 35.2. The van der Waals surface area contributed by atoms with Crippen molar-refractivity contribution >= 4 is 5.91 Å².